The van der Waals surface area contributed by atoms with Gasteiger partial charge in [0.2, 0.25) is 0 Å². The van der Waals surface area contributed by atoms with E-state index in [1.54, 1.807) is 17.6 Å². The van der Waals surface area contributed by atoms with Gasteiger partial charge in [-0.1, -0.05) is 25.1 Å². The fourth-order valence-corrected chi connectivity index (χ4v) is 6.14. The molecule has 5 rings (SSSR count). The first-order valence-corrected chi connectivity index (χ1v) is 14.6. The van der Waals surface area contributed by atoms with Crippen molar-refractivity contribution >= 4 is 25.2 Å². The van der Waals surface area contributed by atoms with E-state index in [0.717, 1.165) is 46.6 Å². The topological polar surface area (TPSA) is 102 Å². The highest BCUT2D eigenvalue weighted by Gasteiger charge is 2.45. The van der Waals surface area contributed by atoms with Gasteiger partial charge < -0.3 is 19.2 Å². The molecule has 0 spiro atoms. The van der Waals surface area contributed by atoms with E-state index in [-0.39, 0.29) is 18.6 Å². The Hall–Kier alpha value is -2.81. The molecule has 0 saturated heterocycles. The van der Waals surface area contributed by atoms with Crippen molar-refractivity contribution in [2.24, 2.45) is 0 Å². The molecule has 0 amide bonds. The van der Waals surface area contributed by atoms with Crippen LogP contribution in [0.2, 0.25) is 19.1 Å². The molecule has 7 nitrogen and oxygen atoms in total. The monoisotopic (exact) mass is 464 g/mol. The molecule has 3 aromatic rings. The summed E-state index contributed by atoms with van der Waals surface area (Å²) >= 11 is 0. The van der Waals surface area contributed by atoms with Crippen molar-refractivity contribution in [3.05, 3.63) is 62.9 Å². The first-order chi connectivity index (χ1) is 15.6. The molecule has 1 atom stereocenters. The van der Waals surface area contributed by atoms with Crippen LogP contribution in [-0.2, 0) is 34.7 Å². The number of carbonyl (C=O) groups excluding carboxylic acids is 1. The summed E-state index contributed by atoms with van der Waals surface area (Å²) in [7, 11) is -2.17. The first kappa shape index (κ1) is 22.0. The zero-order valence-electron chi connectivity index (χ0n) is 19.1. The highest BCUT2D eigenvalue weighted by Crippen LogP contribution is 2.40. The van der Waals surface area contributed by atoms with Crippen LogP contribution in [0.5, 0.6) is 0 Å². The Morgan fingerprint density at radius 1 is 1.21 bits per heavy atom. The van der Waals surface area contributed by atoms with Gasteiger partial charge in [-0.05, 0) is 56.1 Å². The quantitative estimate of drug-likeness (QED) is 0.347. The first-order valence-electron chi connectivity index (χ1n) is 11.4. The normalized spacial score (nSPS) is 19.2. The van der Waals surface area contributed by atoms with E-state index in [2.05, 4.69) is 6.07 Å². The fourth-order valence-electron chi connectivity index (χ4n) is 5.10. The van der Waals surface area contributed by atoms with Gasteiger partial charge in [0.05, 0.1) is 29.0 Å². The molecule has 172 valence electrons. The molecule has 4 heterocycles. The molecule has 2 N–H and O–H groups in total. The van der Waals surface area contributed by atoms with Gasteiger partial charge in [-0.15, -0.1) is 0 Å². The molecular formula is C25H28N2O5Si. The summed E-state index contributed by atoms with van der Waals surface area (Å²) in [6.45, 7) is 5.85. The van der Waals surface area contributed by atoms with Crippen molar-refractivity contribution < 1.29 is 19.4 Å². The predicted molar refractivity (Wildman–Crippen MR) is 127 cm³/mol. The Kier molecular flexibility index (Phi) is 5.08. The van der Waals surface area contributed by atoms with Gasteiger partial charge in [0.1, 0.15) is 6.61 Å². The summed E-state index contributed by atoms with van der Waals surface area (Å²) < 4.78 is 6.84. The maximum Gasteiger partial charge on any atom is 0.343 e. The van der Waals surface area contributed by atoms with Crippen LogP contribution in [0, 0.1) is 0 Å². The molecule has 1 aromatic carbocycles. The zero-order valence-corrected chi connectivity index (χ0v) is 20.1. The largest absolute Gasteiger partial charge is 0.458 e. The number of aromatic nitrogens is 2. The molecule has 33 heavy (non-hydrogen) atoms. The predicted octanol–water partition coefficient (Wildman–Crippen LogP) is 3.21. The maximum atomic E-state index is 13.4. The smallest absolute Gasteiger partial charge is 0.343 e. The molecule has 0 saturated carbocycles. The number of rotatable bonds is 5. The van der Waals surface area contributed by atoms with Crippen LogP contribution in [-0.4, -0.2) is 33.7 Å². The Morgan fingerprint density at radius 2 is 1.97 bits per heavy atom. The number of pyridine rings is 2. The minimum atomic E-state index is -2.17. The number of fused-ring (bicyclic) bond motifs is 5. The van der Waals surface area contributed by atoms with E-state index >= 15 is 0 Å². The van der Waals surface area contributed by atoms with Crippen LogP contribution in [0.3, 0.4) is 0 Å². The highest BCUT2D eigenvalue weighted by molar-refractivity contribution is 6.69. The molecule has 0 unspecified atom stereocenters. The van der Waals surface area contributed by atoms with Crippen molar-refractivity contribution in [2.45, 2.75) is 64.1 Å². The summed E-state index contributed by atoms with van der Waals surface area (Å²) in [5, 5.41) is 12.1. The number of carbonyl (C=O) groups is 1. The van der Waals surface area contributed by atoms with Crippen LogP contribution in [0.25, 0.3) is 22.3 Å². The Morgan fingerprint density at radius 3 is 2.70 bits per heavy atom. The van der Waals surface area contributed by atoms with Crippen molar-refractivity contribution in [2.75, 3.05) is 0 Å². The third kappa shape index (κ3) is 3.44. The van der Waals surface area contributed by atoms with E-state index in [0.29, 0.717) is 23.4 Å². The lowest BCUT2D eigenvalue weighted by atomic mass is 9.86. The molecule has 2 aromatic heterocycles. The summed E-state index contributed by atoms with van der Waals surface area (Å²) in [6.07, 6.45) is 1.76. The highest BCUT2D eigenvalue weighted by atomic mass is 28.4. The van der Waals surface area contributed by atoms with Gasteiger partial charge in [0.15, 0.2) is 13.9 Å². The third-order valence-electron chi connectivity index (χ3n) is 6.93. The van der Waals surface area contributed by atoms with Crippen molar-refractivity contribution in [1.29, 1.82) is 0 Å². The Balaban J connectivity index is 1.70. The molecule has 0 aliphatic carbocycles. The molecule has 0 radical (unpaired) electrons. The number of hydrogen-bond donors (Lipinski definition) is 2. The average Bonchev–Trinajstić information content (AvgIpc) is 3.14. The SMILES string of the molecule is CC[C@@]1(O)C(=O)OCc2c1cc1n(c2=O)Cc2c-1nc1ccccc1c2CCC[Si](C)(C)O. The second-order valence-corrected chi connectivity index (χ2v) is 13.8. The van der Waals surface area contributed by atoms with Crippen LogP contribution in [0.15, 0.2) is 35.1 Å². The standard InChI is InChI=1S/C25H28N2O5Si/c1-4-25(30)19-12-21-22-17(13-27(21)23(28)18(19)14-32-24(25)29)15(9-7-11-33(2,3)31)16-8-5-6-10-20(16)26-22/h5-6,8,10,12,30-31H,4,7,9,11,13-14H2,1-3H3/t25-/m0/s1. The van der Waals surface area contributed by atoms with E-state index in [9.17, 15) is 19.5 Å². The van der Waals surface area contributed by atoms with Crippen molar-refractivity contribution in [1.82, 2.24) is 9.55 Å². The molecule has 8 heteroatoms. The minimum Gasteiger partial charge on any atom is -0.458 e. The number of esters is 1. The lowest BCUT2D eigenvalue weighted by molar-refractivity contribution is -0.172. The number of ether oxygens (including phenoxy) is 1. The van der Waals surface area contributed by atoms with Gasteiger partial charge in [0, 0.05) is 16.5 Å². The van der Waals surface area contributed by atoms with Crippen molar-refractivity contribution in [3.63, 3.8) is 0 Å². The maximum absolute atomic E-state index is 13.4. The number of benzene rings is 1. The van der Waals surface area contributed by atoms with Crippen LogP contribution >= 0.6 is 0 Å². The summed E-state index contributed by atoms with van der Waals surface area (Å²) in [4.78, 5) is 41.0. The van der Waals surface area contributed by atoms with Gasteiger partial charge in [-0.2, -0.15) is 0 Å². The number of aliphatic hydroxyl groups is 1. The van der Waals surface area contributed by atoms with E-state index < -0.39 is 19.9 Å². The lowest BCUT2D eigenvalue weighted by Gasteiger charge is -2.31. The van der Waals surface area contributed by atoms with E-state index in [1.165, 1.54) is 0 Å². The number of hydrogen-bond acceptors (Lipinski definition) is 6. The van der Waals surface area contributed by atoms with E-state index in [4.69, 9.17) is 9.72 Å². The third-order valence-corrected chi connectivity index (χ3v) is 8.51. The molecular weight excluding hydrogens is 436 g/mol. The van der Waals surface area contributed by atoms with Crippen molar-refractivity contribution in [3.8, 4) is 11.4 Å². The molecule has 0 fully saturated rings. The van der Waals surface area contributed by atoms with E-state index in [1.807, 2.05) is 31.3 Å². The number of cyclic esters (lactones) is 1. The summed E-state index contributed by atoms with van der Waals surface area (Å²) in [6, 6.07) is 10.5. The zero-order chi connectivity index (χ0) is 23.5. The number of aryl methyl sites for hydroxylation is 1. The van der Waals surface area contributed by atoms with Crippen LogP contribution in [0.1, 0.15) is 42.0 Å². The van der Waals surface area contributed by atoms with Gasteiger partial charge in [0.25, 0.3) is 5.56 Å². The van der Waals surface area contributed by atoms with Crippen LogP contribution in [0.4, 0.5) is 0 Å². The Bertz CT molecular complexity index is 1360. The number of para-hydroxylation sites is 1. The molecule has 2 aliphatic rings. The van der Waals surface area contributed by atoms with Gasteiger partial charge in [-0.3, -0.25) is 4.79 Å². The number of nitrogens with zero attached hydrogens (tertiary/aromatic N) is 2. The summed E-state index contributed by atoms with van der Waals surface area (Å²) in [5.74, 6) is -0.719. The second kappa shape index (κ2) is 7.61. The van der Waals surface area contributed by atoms with Gasteiger partial charge >= 0.3 is 5.97 Å². The summed E-state index contributed by atoms with van der Waals surface area (Å²) in [5.41, 5.74) is 2.91. The molecule has 0 bridgehead atoms. The van der Waals surface area contributed by atoms with Gasteiger partial charge in [-0.25, -0.2) is 9.78 Å². The average molecular weight is 465 g/mol. The molecule has 2 aliphatic heterocycles. The second-order valence-electron chi connectivity index (χ2n) is 9.70. The Labute approximate surface area is 192 Å². The van der Waals surface area contributed by atoms with Crippen LogP contribution < -0.4 is 5.56 Å². The minimum absolute atomic E-state index is 0.117. The lowest BCUT2D eigenvalue weighted by Crippen LogP contribution is -2.44. The fraction of sp³-hybridized carbons (Fsp3) is 0.400.